The number of amides is 2. The van der Waals surface area contributed by atoms with Gasteiger partial charge in [0.1, 0.15) is 5.82 Å². The van der Waals surface area contributed by atoms with Gasteiger partial charge in [-0.3, -0.25) is 14.7 Å². The van der Waals surface area contributed by atoms with E-state index < -0.39 is 0 Å². The van der Waals surface area contributed by atoms with Crippen molar-refractivity contribution in [2.45, 2.75) is 64.0 Å². The molecular formula is C19H25N5O2S. The summed E-state index contributed by atoms with van der Waals surface area (Å²) in [4.78, 5) is 33.2. The van der Waals surface area contributed by atoms with E-state index in [-0.39, 0.29) is 17.9 Å². The van der Waals surface area contributed by atoms with Crippen LogP contribution in [0, 0.1) is 6.92 Å². The van der Waals surface area contributed by atoms with Gasteiger partial charge in [0.05, 0.1) is 10.9 Å². The van der Waals surface area contributed by atoms with E-state index in [1.165, 1.54) is 17.8 Å². The Hall–Kier alpha value is -2.22. The molecule has 27 heavy (non-hydrogen) atoms. The summed E-state index contributed by atoms with van der Waals surface area (Å²) in [5, 5.41) is 9.99. The Kier molecular flexibility index (Phi) is 5.24. The highest BCUT2D eigenvalue weighted by Gasteiger charge is 2.31. The van der Waals surface area contributed by atoms with Crippen LogP contribution in [0.4, 0.5) is 0 Å². The molecule has 1 aliphatic heterocycles. The van der Waals surface area contributed by atoms with E-state index >= 15 is 0 Å². The SMILES string of the molecule is Cc1nc(CCC(=O)N2CCC[C@H]2c2ccc(C(=O)NC3CCC3)s2)n[nH]1. The Bertz CT molecular complexity index is 826. The Morgan fingerprint density at radius 1 is 1.30 bits per heavy atom. The molecule has 8 heteroatoms. The number of nitrogens with one attached hydrogen (secondary N) is 2. The van der Waals surface area contributed by atoms with Crippen LogP contribution in [0.15, 0.2) is 12.1 Å². The molecule has 0 unspecified atom stereocenters. The van der Waals surface area contributed by atoms with Crippen molar-refractivity contribution in [2.75, 3.05) is 6.54 Å². The third kappa shape index (κ3) is 4.05. The first-order valence-electron chi connectivity index (χ1n) is 9.68. The molecule has 2 amide bonds. The van der Waals surface area contributed by atoms with E-state index in [9.17, 15) is 9.59 Å². The van der Waals surface area contributed by atoms with Crippen molar-refractivity contribution in [3.63, 3.8) is 0 Å². The highest BCUT2D eigenvalue weighted by molar-refractivity contribution is 7.14. The van der Waals surface area contributed by atoms with Gasteiger partial charge >= 0.3 is 0 Å². The number of thiophene rings is 1. The molecule has 1 saturated carbocycles. The summed E-state index contributed by atoms with van der Waals surface area (Å²) in [5.41, 5.74) is 0. The number of nitrogens with zero attached hydrogens (tertiary/aromatic N) is 3. The highest BCUT2D eigenvalue weighted by Crippen LogP contribution is 2.36. The molecule has 2 aromatic heterocycles. The third-order valence-electron chi connectivity index (χ3n) is 5.40. The lowest BCUT2D eigenvalue weighted by Crippen LogP contribution is -2.39. The number of aromatic nitrogens is 3. The van der Waals surface area contributed by atoms with Crippen LogP contribution in [0.25, 0.3) is 0 Å². The van der Waals surface area contributed by atoms with Crippen molar-refractivity contribution >= 4 is 23.2 Å². The third-order valence-corrected chi connectivity index (χ3v) is 6.58. The quantitative estimate of drug-likeness (QED) is 0.797. The maximum Gasteiger partial charge on any atom is 0.261 e. The molecule has 4 rings (SSSR count). The normalized spacial score (nSPS) is 19.9. The van der Waals surface area contributed by atoms with E-state index in [0.29, 0.717) is 24.7 Å². The van der Waals surface area contributed by atoms with Gasteiger partial charge in [-0.1, -0.05) is 0 Å². The van der Waals surface area contributed by atoms with Crippen LogP contribution in [0.5, 0.6) is 0 Å². The number of hydrogen-bond acceptors (Lipinski definition) is 5. The van der Waals surface area contributed by atoms with Crippen LogP contribution in [-0.2, 0) is 11.2 Å². The molecule has 144 valence electrons. The first-order valence-corrected chi connectivity index (χ1v) is 10.5. The van der Waals surface area contributed by atoms with Crippen LogP contribution in [0.3, 0.4) is 0 Å². The van der Waals surface area contributed by atoms with Gasteiger partial charge in [0.2, 0.25) is 5.91 Å². The summed E-state index contributed by atoms with van der Waals surface area (Å²) >= 11 is 1.52. The molecular weight excluding hydrogens is 362 g/mol. The van der Waals surface area contributed by atoms with Crippen molar-refractivity contribution in [3.05, 3.63) is 33.5 Å². The van der Waals surface area contributed by atoms with Crippen molar-refractivity contribution < 1.29 is 9.59 Å². The van der Waals surface area contributed by atoms with Gasteiger partial charge in [0.25, 0.3) is 5.91 Å². The fourth-order valence-corrected chi connectivity index (χ4v) is 4.75. The summed E-state index contributed by atoms with van der Waals surface area (Å²) in [6.45, 7) is 2.63. The average molecular weight is 388 g/mol. The molecule has 3 heterocycles. The van der Waals surface area contributed by atoms with Crippen molar-refractivity contribution in [1.82, 2.24) is 25.4 Å². The van der Waals surface area contributed by atoms with E-state index in [4.69, 9.17) is 0 Å². The van der Waals surface area contributed by atoms with Crippen LogP contribution < -0.4 is 5.32 Å². The van der Waals surface area contributed by atoms with Crippen LogP contribution in [-0.4, -0.2) is 44.5 Å². The molecule has 7 nitrogen and oxygen atoms in total. The largest absolute Gasteiger partial charge is 0.349 e. The maximum atomic E-state index is 12.7. The predicted molar refractivity (Wildman–Crippen MR) is 103 cm³/mol. The fraction of sp³-hybridized carbons (Fsp3) is 0.579. The molecule has 2 aliphatic rings. The molecule has 2 N–H and O–H groups in total. The number of hydrogen-bond donors (Lipinski definition) is 2. The number of likely N-dealkylation sites (tertiary alicyclic amines) is 1. The molecule has 1 aliphatic carbocycles. The lowest BCUT2D eigenvalue weighted by atomic mass is 9.93. The number of aryl methyl sites for hydroxylation is 2. The van der Waals surface area contributed by atoms with Crippen molar-refractivity contribution in [3.8, 4) is 0 Å². The van der Waals surface area contributed by atoms with Crippen LogP contribution in [0.2, 0.25) is 0 Å². The second-order valence-electron chi connectivity index (χ2n) is 7.39. The van der Waals surface area contributed by atoms with Gasteiger partial charge in [-0.15, -0.1) is 11.3 Å². The Morgan fingerprint density at radius 3 is 2.85 bits per heavy atom. The van der Waals surface area contributed by atoms with Crippen LogP contribution >= 0.6 is 11.3 Å². The fourth-order valence-electron chi connectivity index (χ4n) is 3.69. The molecule has 0 bridgehead atoms. The zero-order valence-electron chi connectivity index (χ0n) is 15.5. The van der Waals surface area contributed by atoms with Gasteiger partial charge < -0.3 is 10.2 Å². The van der Waals surface area contributed by atoms with E-state index in [1.54, 1.807) is 0 Å². The minimum atomic E-state index is 0.0202. The molecule has 0 radical (unpaired) electrons. The Balaban J connectivity index is 1.37. The van der Waals surface area contributed by atoms with E-state index in [2.05, 4.69) is 20.5 Å². The molecule has 2 aromatic rings. The van der Waals surface area contributed by atoms with Crippen LogP contribution in [0.1, 0.15) is 70.8 Å². The van der Waals surface area contributed by atoms with Gasteiger partial charge in [0, 0.05) is 30.3 Å². The Labute approximate surface area is 162 Å². The monoisotopic (exact) mass is 387 g/mol. The summed E-state index contributed by atoms with van der Waals surface area (Å²) < 4.78 is 0. The minimum absolute atomic E-state index is 0.0202. The zero-order chi connectivity index (χ0) is 18.8. The minimum Gasteiger partial charge on any atom is -0.349 e. The van der Waals surface area contributed by atoms with E-state index in [0.717, 1.165) is 47.8 Å². The van der Waals surface area contributed by atoms with E-state index in [1.807, 2.05) is 24.0 Å². The lowest BCUT2D eigenvalue weighted by molar-refractivity contribution is -0.132. The van der Waals surface area contributed by atoms with Crippen molar-refractivity contribution in [1.29, 1.82) is 0 Å². The summed E-state index contributed by atoms with van der Waals surface area (Å²) in [6.07, 6.45) is 6.28. The lowest BCUT2D eigenvalue weighted by Gasteiger charge is -2.26. The summed E-state index contributed by atoms with van der Waals surface area (Å²) in [7, 11) is 0. The topological polar surface area (TPSA) is 91.0 Å². The zero-order valence-corrected chi connectivity index (χ0v) is 16.3. The standard InChI is InChI=1S/C19H25N5O2S/c1-12-20-17(23-22-12)9-10-18(25)24-11-3-6-14(24)15-7-8-16(27-15)19(26)21-13-4-2-5-13/h7-8,13-14H,2-6,9-11H2,1H3,(H,21,26)(H,20,22,23)/t14-/m0/s1. The van der Waals surface area contributed by atoms with Gasteiger partial charge in [0.15, 0.2) is 5.82 Å². The van der Waals surface area contributed by atoms with Crippen molar-refractivity contribution in [2.24, 2.45) is 0 Å². The highest BCUT2D eigenvalue weighted by atomic mass is 32.1. The first kappa shape index (κ1) is 18.2. The Morgan fingerprint density at radius 2 is 2.15 bits per heavy atom. The summed E-state index contributed by atoms with van der Waals surface area (Å²) in [6, 6.07) is 4.33. The van der Waals surface area contributed by atoms with Gasteiger partial charge in [-0.2, -0.15) is 5.10 Å². The molecule has 1 atom stereocenters. The number of carbonyl (C=O) groups is 2. The predicted octanol–water partition coefficient (Wildman–Crippen LogP) is 2.75. The maximum absolute atomic E-state index is 12.7. The molecule has 0 aromatic carbocycles. The number of carbonyl (C=O) groups excluding carboxylic acids is 2. The molecule has 0 spiro atoms. The van der Waals surface area contributed by atoms with Gasteiger partial charge in [-0.05, 0) is 51.2 Å². The smallest absolute Gasteiger partial charge is 0.261 e. The number of aromatic amines is 1. The number of H-pyrrole nitrogens is 1. The second-order valence-corrected chi connectivity index (χ2v) is 8.50. The molecule has 1 saturated heterocycles. The average Bonchev–Trinajstić information content (AvgIpc) is 3.35. The second kappa shape index (κ2) is 7.80. The summed E-state index contributed by atoms with van der Waals surface area (Å²) in [5.74, 6) is 1.60. The number of rotatable bonds is 6. The molecule has 2 fully saturated rings. The first-order chi connectivity index (χ1) is 13.1. The van der Waals surface area contributed by atoms with Gasteiger partial charge in [-0.25, -0.2) is 4.98 Å².